The molecular formula is C15H17N5O3S. The number of hydrogen-bond acceptors (Lipinski definition) is 8. The summed E-state index contributed by atoms with van der Waals surface area (Å²) in [6.07, 6.45) is 3.47. The SMILES string of the molecule is Cc1oc(-c2ccco2)nc1CSc1nnnn1C1CCOCC1. The highest BCUT2D eigenvalue weighted by molar-refractivity contribution is 7.98. The van der Waals surface area contributed by atoms with Crippen molar-refractivity contribution in [1.29, 1.82) is 0 Å². The van der Waals surface area contributed by atoms with Crippen molar-refractivity contribution in [1.82, 2.24) is 25.2 Å². The van der Waals surface area contributed by atoms with E-state index in [1.165, 1.54) is 0 Å². The average molecular weight is 347 g/mol. The van der Waals surface area contributed by atoms with Gasteiger partial charge in [-0.05, 0) is 42.3 Å². The number of ether oxygens (including phenoxy) is 1. The molecule has 0 saturated carbocycles. The van der Waals surface area contributed by atoms with E-state index in [9.17, 15) is 0 Å². The number of thioether (sulfide) groups is 1. The molecule has 3 aromatic heterocycles. The minimum absolute atomic E-state index is 0.299. The molecule has 3 aromatic rings. The summed E-state index contributed by atoms with van der Waals surface area (Å²) in [6.45, 7) is 3.41. The first-order chi connectivity index (χ1) is 11.8. The van der Waals surface area contributed by atoms with Crippen molar-refractivity contribution in [3.63, 3.8) is 0 Å². The van der Waals surface area contributed by atoms with E-state index in [2.05, 4.69) is 20.5 Å². The second-order valence-corrected chi connectivity index (χ2v) is 6.48. The Hall–Kier alpha value is -2.13. The average Bonchev–Trinajstić information content (AvgIpc) is 3.35. The molecule has 0 aliphatic carbocycles. The molecule has 8 nitrogen and oxygen atoms in total. The van der Waals surface area contributed by atoms with Crippen LogP contribution in [-0.4, -0.2) is 38.4 Å². The van der Waals surface area contributed by atoms with Gasteiger partial charge in [0.15, 0.2) is 5.76 Å². The van der Waals surface area contributed by atoms with Crippen LogP contribution in [0.5, 0.6) is 0 Å². The topological polar surface area (TPSA) is 92.0 Å². The van der Waals surface area contributed by atoms with Gasteiger partial charge in [-0.2, -0.15) is 0 Å². The minimum Gasteiger partial charge on any atom is -0.459 e. The molecular weight excluding hydrogens is 330 g/mol. The van der Waals surface area contributed by atoms with E-state index in [1.807, 2.05) is 23.7 Å². The first-order valence-corrected chi connectivity index (χ1v) is 8.78. The monoisotopic (exact) mass is 347 g/mol. The molecule has 1 fully saturated rings. The molecule has 0 unspecified atom stereocenters. The van der Waals surface area contributed by atoms with Gasteiger partial charge in [-0.3, -0.25) is 0 Å². The zero-order chi connectivity index (χ0) is 16.4. The van der Waals surface area contributed by atoms with Gasteiger partial charge in [0.25, 0.3) is 5.89 Å². The lowest BCUT2D eigenvalue weighted by atomic mass is 10.1. The van der Waals surface area contributed by atoms with E-state index in [0.717, 1.165) is 42.7 Å². The lowest BCUT2D eigenvalue weighted by molar-refractivity contribution is 0.0631. The quantitative estimate of drug-likeness (QED) is 0.651. The number of nitrogens with zero attached hydrogens (tertiary/aromatic N) is 5. The maximum Gasteiger partial charge on any atom is 0.263 e. The van der Waals surface area contributed by atoms with Crippen molar-refractivity contribution in [2.45, 2.75) is 36.7 Å². The van der Waals surface area contributed by atoms with Gasteiger partial charge in [0.1, 0.15) is 5.76 Å². The number of rotatable bonds is 5. The Morgan fingerprint density at radius 1 is 1.33 bits per heavy atom. The van der Waals surface area contributed by atoms with Crippen LogP contribution in [0.2, 0.25) is 0 Å². The van der Waals surface area contributed by atoms with Crippen LogP contribution in [0.1, 0.15) is 30.3 Å². The normalized spacial score (nSPS) is 15.9. The summed E-state index contributed by atoms with van der Waals surface area (Å²) in [5.74, 6) is 2.54. The lowest BCUT2D eigenvalue weighted by Gasteiger charge is -2.22. The second-order valence-electron chi connectivity index (χ2n) is 5.54. The summed E-state index contributed by atoms with van der Waals surface area (Å²) >= 11 is 1.56. The second kappa shape index (κ2) is 6.78. The predicted octanol–water partition coefficient (Wildman–Crippen LogP) is 2.87. The van der Waals surface area contributed by atoms with Crippen LogP contribution in [0.3, 0.4) is 0 Å². The Balaban J connectivity index is 1.47. The van der Waals surface area contributed by atoms with Crippen LogP contribution in [0.15, 0.2) is 32.4 Å². The molecule has 0 aromatic carbocycles. The number of aryl methyl sites for hydroxylation is 1. The van der Waals surface area contributed by atoms with Crippen LogP contribution >= 0.6 is 11.8 Å². The van der Waals surface area contributed by atoms with E-state index in [4.69, 9.17) is 13.6 Å². The molecule has 4 heterocycles. The molecule has 1 saturated heterocycles. The molecule has 9 heteroatoms. The van der Waals surface area contributed by atoms with Gasteiger partial charge in [-0.25, -0.2) is 9.67 Å². The van der Waals surface area contributed by atoms with Crippen molar-refractivity contribution in [3.05, 3.63) is 29.9 Å². The summed E-state index contributed by atoms with van der Waals surface area (Å²) in [5, 5.41) is 12.9. The molecule has 0 bridgehead atoms. The largest absolute Gasteiger partial charge is 0.459 e. The van der Waals surface area contributed by atoms with Gasteiger partial charge < -0.3 is 13.6 Å². The van der Waals surface area contributed by atoms with Crippen LogP contribution in [-0.2, 0) is 10.5 Å². The van der Waals surface area contributed by atoms with Gasteiger partial charge in [-0.15, -0.1) is 5.10 Å². The van der Waals surface area contributed by atoms with Gasteiger partial charge in [-0.1, -0.05) is 11.8 Å². The molecule has 0 spiro atoms. The fourth-order valence-corrected chi connectivity index (χ4v) is 3.59. The summed E-state index contributed by atoms with van der Waals surface area (Å²) in [4.78, 5) is 4.51. The maximum absolute atomic E-state index is 5.68. The fraction of sp³-hybridized carbons (Fsp3) is 0.467. The van der Waals surface area contributed by atoms with Crippen molar-refractivity contribution in [2.75, 3.05) is 13.2 Å². The van der Waals surface area contributed by atoms with E-state index in [0.29, 0.717) is 23.4 Å². The van der Waals surface area contributed by atoms with Crippen molar-refractivity contribution in [2.24, 2.45) is 0 Å². The Labute approximate surface area is 142 Å². The Bertz CT molecular complexity index is 792. The third-order valence-corrected chi connectivity index (χ3v) is 4.91. The first-order valence-electron chi connectivity index (χ1n) is 7.80. The van der Waals surface area contributed by atoms with Crippen molar-refractivity contribution >= 4 is 11.8 Å². The Kier molecular flexibility index (Phi) is 4.35. The number of oxazole rings is 1. The smallest absolute Gasteiger partial charge is 0.263 e. The highest BCUT2D eigenvalue weighted by atomic mass is 32.2. The summed E-state index contributed by atoms with van der Waals surface area (Å²) in [5.41, 5.74) is 0.868. The molecule has 0 atom stereocenters. The third kappa shape index (κ3) is 3.09. The van der Waals surface area contributed by atoms with Crippen LogP contribution in [0.4, 0.5) is 0 Å². The highest BCUT2D eigenvalue weighted by Gasteiger charge is 2.21. The molecule has 1 aliphatic rings. The van der Waals surface area contributed by atoms with Crippen LogP contribution in [0, 0.1) is 6.92 Å². The van der Waals surface area contributed by atoms with Gasteiger partial charge in [0.2, 0.25) is 5.16 Å². The molecule has 126 valence electrons. The van der Waals surface area contributed by atoms with Gasteiger partial charge in [0.05, 0.1) is 18.0 Å². The molecule has 0 amide bonds. The van der Waals surface area contributed by atoms with Gasteiger partial charge >= 0.3 is 0 Å². The summed E-state index contributed by atoms with van der Waals surface area (Å²) < 4.78 is 18.3. The molecule has 0 N–H and O–H groups in total. The summed E-state index contributed by atoms with van der Waals surface area (Å²) in [7, 11) is 0. The van der Waals surface area contributed by atoms with Gasteiger partial charge in [0, 0.05) is 19.0 Å². The molecule has 4 rings (SSSR count). The highest BCUT2D eigenvalue weighted by Crippen LogP contribution is 2.29. The zero-order valence-corrected chi connectivity index (χ0v) is 14.0. The Morgan fingerprint density at radius 2 is 2.21 bits per heavy atom. The maximum atomic E-state index is 5.68. The molecule has 1 aliphatic heterocycles. The van der Waals surface area contributed by atoms with Crippen molar-refractivity contribution < 1.29 is 13.6 Å². The lowest BCUT2D eigenvalue weighted by Crippen LogP contribution is -2.21. The minimum atomic E-state index is 0.299. The number of aromatic nitrogens is 5. The van der Waals surface area contributed by atoms with E-state index in [1.54, 1.807) is 18.0 Å². The zero-order valence-electron chi connectivity index (χ0n) is 13.2. The van der Waals surface area contributed by atoms with E-state index in [-0.39, 0.29) is 0 Å². The van der Waals surface area contributed by atoms with E-state index >= 15 is 0 Å². The van der Waals surface area contributed by atoms with Crippen LogP contribution in [0.25, 0.3) is 11.7 Å². The third-order valence-electron chi connectivity index (χ3n) is 3.96. The molecule has 24 heavy (non-hydrogen) atoms. The van der Waals surface area contributed by atoms with Crippen LogP contribution < -0.4 is 0 Å². The standard InChI is InChI=1S/C15H17N5O3S/c1-10-12(16-14(23-10)13-3-2-6-22-13)9-24-15-17-18-19-20(15)11-4-7-21-8-5-11/h2-3,6,11H,4-5,7-9H2,1H3. The number of hydrogen-bond donors (Lipinski definition) is 0. The summed E-state index contributed by atoms with van der Waals surface area (Å²) in [6, 6.07) is 3.94. The van der Waals surface area contributed by atoms with E-state index < -0.39 is 0 Å². The first kappa shape index (κ1) is 15.4. The van der Waals surface area contributed by atoms with Crippen molar-refractivity contribution in [3.8, 4) is 11.7 Å². The fourth-order valence-electron chi connectivity index (χ4n) is 2.64. The molecule has 0 radical (unpaired) electrons. The number of furan rings is 1. The number of tetrazole rings is 1. The Morgan fingerprint density at radius 3 is 3.00 bits per heavy atom. The predicted molar refractivity (Wildman–Crippen MR) is 85.4 cm³/mol.